The predicted molar refractivity (Wildman–Crippen MR) is 74.8 cm³/mol. The largest absolute Gasteiger partial charge is 0.478 e. The van der Waals surface area contributed by atoms with Crippen LogP contribution in [-0.4, -0.2) is 32.3 Å². The van der Waals surface area contributed by atoms with E-state index < -0.39 is 5.97 Å². The summed E-state index contributed by atoms with van der Waals surface area (Å²) in [4.78, 5) is 15.7. The standard InChI is InChI=1S/C15H18N2O3/c1-2-13-16-11-4-3-10(14(19)20)7-12(11)17(13)8-15(9-18)5-6-15/h3-4,7,18H,2,5-6,8-9H2,1H3,(H,19,20). The Hall–Kier alpha value is -1.88. The van der Waals surface area contributed by atoms with Crippen molar-refractivity contribution in [3.63, 3.8) is 0 Å². The van der Waals surface area contributed by atoms with Gasteiger partial charge in [-0.25, -0.2) is 9.78 Å². The van der Waals surface area contributed by atoms with Crippen LogP contribution in [-0.2, 0) is 13.0 Å². The number of carboxylic acid groups (broad SMARTS) is 1. The number of rotatable bonds is 5. The smallest absolute Gasteiger partial charge is 0.335 e. The first kappa shape index (κ1) is 13.1. The molecule has 1 aliphatic rings. The molecule has 3 rings (SSSR count). The van der Waals surface area contributed by atoms with E-state index in [2.05, 4.69) is 9.55 Å². The van der Waals surface area contributed by atoms with E-state index in [4.69, 9.17) is 5.11 Å². The van der Waals surface area contributed by atoms with E-state index in [0.29, 0.717) is 6.54 Å². The second kappa shape index (κ2) is 4.59. The van der Waals surface area contributed by atoms with Crippen molar-refractivity contribution in [1.29, 1.82) is 0 Å². The fourth-order valence-electron chi connectivity index (χ4n) is 2.63. The zero-order valence-corrected chi connectivity index (χ0v) is 11.5. The second-order valence-corrected chi connectivity index (χ2v) is 5.63. The number of hydrogen-bond acceptors (Lipinski definition) is 3. The van der Waals surface area contributed by atoms with Crippen molar-refractivity contribution in [2.24, 2.45) is 5.41 Å². The average molecular weight is 274 g/mol. The van der Waals surface area contributed by atoms with E-state index >= 15 is 0 Å². The topological polar surface area (TPSA) is 75.3 Å². The molecule has 20 heavy (non-hydrogen) atoms. The van der Waals surface area contributed by atoms with Crippen molar-refractivity contribution in [3.8, 4) is 0 Å². The maximum absolute atomic E-state index is 11.1. The molecule has 0 bridgehead atoms. The van der Waals surface area contributed by atoms with E-state index in [9.17, 15) is 9.90 Å². The van der Waals surface area contributed by atoms with Crippen LogP contribution in [0.1, 0.15) is 35.9 Å². The Morgan fingerprint density at radius 1 is 1.45 bits per heavy atom. The lowest BCUT2D eigenvalue weighted by Gasteiger charge is -2.15. The maximum atomic E-state index is 11.1. The molecule has 0 spiro atoms. The molecular weight excluding hydrogens is 256 g/mol. The van der Waals surface area contributed by atoms with E-state index in [-0.39, 0.29) is 17.6 Å². The molecule has 1 fully saturated rings. The van der Waals surface area contributed by atoms with Gasteiger partial charge in [0, 0.05) is 18.4 Å². The molecule has 2 N–H and O–H groups in total. The van der Waals surface area contributed by atoms with E-state index in [1.54, 1.807) is 18.2 Å². The summed E-state index contributed by atoms with van der Waals surface area (Å²) in [6.07, 6.45) is 2.83. The van der Waals surface area contributed by atoms with E-state index in [1.807, 2.05) is 6.92 Å². The van der Waals surface area contributed by atoms with Crippen LogP contribution in [0.2, 0.25) is 0 Å². The van der Waals surface area contributed by atoms with Gasteiger partial charge in [0.15, 0.2) is 0 Å². The molecule has 5 heteroatoms. The first-order valence-electron chi connectivity index (χ1n) is 6.92. The highest BCUT2D eigenvalue weighted by Gasteiger charge is 2.42. The van der Waals surface area contributed by atoms with Gasteiger partial charge in [0.05, 0.1) is 23.2 Å². The molecule has 0 atom stereocenters. The third-order valence-electron chi connectivity index (χ3n) is 4.18. The molecule has 1 heterocycles. The SMILES string of the molecule is CCc1nc2ccc(C(=O)O)cc2n1CC1(CO)CC1. The quantitative estimate of drug-likeness (QED) is 0.875. The fourth-order valence-corrected chi connectivity index (χ4v) is 2.63. The molecule has 1 aromatic heterocycles. The van der Waals surface area contributed by atoms with E-state index in [0.717, 1.165) is 36.1 Å². The number of hydrogen-bond donors (Lipinski definition) is 2. The molecule has 106 valence electrons. The van der Waals surface area contributed by atoms with E-state index in [1.165, 1.54) is 0 Å². The van der Waals surface area contributed by atoms with Crippen LogP contribution >= 0.6 is 0 Å². The molecule has 0 saturated heterocycles. The number of carbonyl (C=O) groups is 1. The molecule has 0 amide bonds. The summed E-state index contributed by atoms with van der Waals surface area (Å²) in [6.45, 7) is 2.93. The van der Waals surface area contributed by atoms with Gasteiger partial charge in [-0.2, -0.15) is 0 Å². The van der Waals surface area contributed by atoms with Crippen LogP contribution in [0.15, 0.2) is 18.2 Å². The minimum Gasteiger partial charge on any atom is -0.478 e. The first-order valence-corrected chi connectivity index (χ1v) is 6.92. The Labute approximate surface area is 116 Å². The summed E-state index contributed by atoms with van der Waals surface area (Å²) in [5.74, 6) is 0.0169. The van der Waals surface area contributed by atoms with Crippen LogP contribution in [0.5, 0.6) is 0 Å². The molecule has 0 aliphatic heterocycles. The Bertz CT molecular complexity index is 671. The normalized spacial score (nSPS) is 16.5. The first-order chi connectivity index (χ1) is 9.58. The van der Waals surface area contributed by atoms with Crippen molar-refractivity contribution in [2.75, 3.05) is 6.61 Å². The summed E-state index contributed by atoms with van der Waals surface area (Å²) in [5, 5.41) is 18.6. The summed E-state index contributed by atoms with van der Waals surface area (Å²) in [7, 11) is 0. The number of nitrogens with zero attached hydrogens (tertiary/aromatic N) is 2. The summed E-state index contributed by atoms with van der Waals surface area (Å²) >= 11 is 0. The number of imidazole rings is 1. The van der Waals surface area contributed by atoms with Crippen LogP contribution in [0, 0.1) is 5.41 Å². The maximum Gasteiger partial charge on any atom is 0.335 e. The summed E-state index contributed by atoms with van der Waals surface area (Å²) in [5.41, 5.74) is 1.91. The molecule has 5 nitrogen and oxygen atoms in total. The summed E-state index contributed by atoms with van der Waals surface area (Å²) in [6, 6.07) is 5.02. The lowest BCUT2D eigenvalue weighted by atomic mass is 10.1. The molecule has 0 radical (unpaired) electrons. The highest BCUT2D eigenvalue weighted by Crippen LogP contribution is 2.47. The van der Waals surface area contributed by atoms with Gasteiger partial charge >= 0.3 is 5.97 Å². The van der Waals surface area contributed by atoms with Gasteiger partial charge in [-0.3, -0.25) is 0 Å². The van der Waals surface area contributed by atoms with Crippen LogP contribution in [0.4, 0.5) is 0 Å². The Morgan fingerprint density at radius 3 is 2.75 bits per heavy atom. The van der Waals surface area contributed by atoms with Gasteiger partial charge < -0.3 is 14.8 Å². The highest BCUT2D eigenvalue weighted by molar-refractivity contribution is 5.92. The van der Waals surface area contributed by atoms with Gasteiger partial charge in [-0.1, -0.05) is 6.92 Å². The van der Waals surface area contributed by atoms with Crippen molar-refractivity contribution >= 4 is 17.0 Å². The monoisotopic (exact) mass is 274 g/mol. The third-order valence-corrected chi connectivity index (χ3v) is 4.18. The van der Waals surface area contributed by atoms with Crippen molar-refractivity contribution in [3.05, 3.63) is 29.6 Å². The number of benzene rings is 1. The molecule has 1 aromatic carbocycles. The number of carboxylic acids is 1. The molecule has 1 saturated carbocycles. The summed E-state index contributed by atoms with van der Waals surface area (Å²) < 4.78 is 2.07. The second-order valence-electron chi connectivity index (χ2n) is 5.63. The third kappa shape index (κ3) is 2.08. The fraction of sp³-hybridized carbons (Fsp3) is 0.467. The average Bonchev–Trinajstić information content (AvgIpc) is 3.14. The van der Waals surface area contributed by atoms with Gasteiger partial charge in [0.2, 0.25) is 0 Å². The Kier molecular flexibility index (Phi) is 3.01. The molecule has 2 aromatic rings. The van der Waals surface area contributed by atoms with Gasteiger partial charge in [-0.05, 0) is 31.0 Å². The van der Waals surface area contributed by atoms with Gasteiger partial charge in [0.1, 0.15) is 5.82 Å². The molecule has 0 unspecified atom stereocenters. The number of aliphatic hydroxyl groups excluding tert-OH is 1. The number of aromatic carboxylic acids is 1. The zero-order valence-electron chi connectivity index (χ0n) is 11.5. The Morgan fingerprint density at radius 2 is 2.20 bits per heavy atom. The number of aryl methyl sites for hydroxylation is 1. The van der Waals surface area contributed by atoms with Crippen LogP contribution in [0.3, 0.4) is 0 Å². The lowest BCUT2D eigenvalue weighted by molar-refractivity contribution is 0.0697. The highest BCUT2D eigenvalue weighted by atomic mass is 16.4. The number of fused-ring (bicyclic) bond motifs is 1. The minimum absolute atomic E-state index is 0.0310. The number of aromatic nitrogens is 2. The van der Waals surface area contributed by atoms with Crippen molar-refractivity contribution in [2.45, 2.75) is 32.7 Å². The molecule has 1 aliphatic carbocycles. The van der Waals surface area contributed by atoms with Crippen molar-refractivity contribution < 1.29 is 15.0 Å². The Balaban J connectivity index is 2.11. The van der Waals surface area contributed by atoms with Crippen LogP contribution < -0.4 is 0 Å². The zero-order chi connectivity index (χ0) is 14.3. The van der Waals surface area contributed by atoms with Crippen molar-refractivity contribution in [1.82, 2.24) is 9.55 Å². The number of aliphatic hydroxyl groups is 1. The predicted octanol–water partition coefficient (Wildman–Crippen LogP) is 2.07. The van der Waals surface area contributed by atoms with Gasteiger partial charge in [-0.15, -0.1) is 0 Å². The van der Waals surface area contributed by atoms with Crippen LogP contribution in [0.25, 0.3) is 11.0 Å². The van der Waals surface area contributed by atoms with Gasteiger partial charge in [0.25, 0.3) is 0 Å². The lowest BCUT2D eigenvalue weighted by Crippen LogP contribution is -2.17. The molecular formula is C15H18N2O3. The minimum atomic E-state index is -0.930.